The van der Waals surface area contributed by atoms with Gasteiger partial charge >= 0.3 is 12.3 Å². The maximum Gasteiger partial charge on any atom is 0.416 e. The van der Waals surface area contributed by atoms with E-state index < -0.39 is 47.8 Å². The van der Waals surface area contributed by atoms with Gasteiger partial charge in [-0.1, -0.05) is 60.6 Å². The molecule has 3 aromatic carbocycles. The standard InChI is InChI=1S/C35H32F4N6O6/c1-21(14-28(46)31-43-30(51-44-31)16-23-8-5-9-25(15-23)35(37,38)39)17-40-29(47)19-45-32(24-10-12-26(36)13-11-24)41-18-27(33(45)48)42-34(49)50-20-22-6-3-2-4-7-22/h2-13,15,18,21,28,46H,14,16-17,19-20H2,1H3,(H,40,47)(H,42,49)/t21?,28-/m0/s1. The number of anilines is 1. The molecule has 2 atom stereocenters. The Morgan fingerprint density at radius 1 is 1.02 bits per heavy atom. The van der Waals surface area contributed by atoms with E-state index in [1.54, 1.807) is 31.2 Å². The molecule has 16 heteroatoms. The third kappa shape index (κ3) is 10.1. The summed E-state index contributed by atoms with van der Waals surface area (Å²) in [6, 6.07) is 18.7. The molecule has 0 fully saturated rings. The minimum Gasteiger partial charge on any atom is -0.444 e. The molecule has 0 aliphatic heterocycles. The number of hydrogen-bond donors (Lipinski definition) is 3. The lowest BCUT2D eigenvalue weighted by molar-refractivity contribution is -0.137. The fraction of sp³-hybridized carbons (Fsp3) is 0.257. The van der Waals surface area contributed by atoms with Crippen LogP contribution in [-0.2, 0) is 35.3 Å². The quantitative estimate of drug-likeness (QED) is 0.131. The van der Waals surface area contributed by atoms with Gasteiger partial charge in [0.05, 0.1) is 18.2 Å². The van der Waals surface area contributed by atoms with E-state index in [1.807, 2.05) is 6.07 Å². The second-order valence-corrected chi connectivity index (χ2v) is 11.7. The molecule has 1 unspecified atom stereocenters. The van der Waals surface area contributed by atoms with E-state index in [2.05, 4.69) is 25.8 Å². The maximum absolute atomic E-state index is 13.6. The van der Waals surface area contributed by atoms with Crippen molar-refractivity contribution in [3.8, 4) is 11.4 Å². The second kappa shape index (κ2) is 16.2. The summed E-state index contributed by atoms with van der Waals surface area (Å²) in [5.74, 6) is -1.47. The number of halogens is 4. The van der Waals surface area contributed by atoms with Crippen molar-refractivity contribution < 1.29 is 41.5 Å². The van der Waals surface area contributed by atoms with Gasteiger partial charge in [0.25, 0.3) is 5.56 Å². The average Bonchev–Trinajstić information content (AvgIpc) is 3.57. The summed E-state index contributed by atoms with van der Waals surface area (Å²) >= 11 is 0. The maximum atomic E-state index is 13.6. The topological polar surface area (TPSA) is 161 Å². The number of amides is 2. The first-order chi connectivity index (χ1) is 24.4. The van der Waals surface area contributed by atoms with Crippen molar-refractivity contribution in [2.45, 2.75) is 45.2 Å². The first-order valence-corrected chi connectivity index (χ1v) is 15.6. The molecule has 12 nitrogen and oxygen atoms in total. The van der Waals surface area contributed by atoms with Gasteiger partial charge in [-0.25, -0.2) is 14.2 Å². The number of nitrogens with zero attached hydrogens (tertiary/aromatic N) is 4. The van der Waals surface area contributed by atoms with Gasteiger partial charge in [0.15, 0.2) is 5.82 Å². The number of nitrogens with one attached hydrogen (secondary N) is 2. The molecule has 2 heterocycles. The molecule has 2 amide bonds. The molecule has 3 N–H and O–H groups in total. The van der Waals surface area contributed by atoms with E-state index in [9.17, 15) is 37.1 Å². The van der Waals surface area contributed by atoms with Crippen LogP contribution >= 0.6 is 0 Å². The molecule has 0 radical (unpaired) electrons. The fourth-order valence-corrected chi connectivity index (χ4v) is 4.99. The zero-order chi connectivity index (χ0) is 36.5. The summed E-state index contributed by atoms with van der Waals surface area (Å²) in [4.78, 5) is 47.4. The SMILES string of the molecule is CC(CNC(=O)Cn1c(-c2ccc(F)cc2)ncc(NC(=O)OCc2ccccc2)c1=O)C[C@H](O)c1noc(Cc2cccc(C(F)(F)F)c2)n1. The number of ether oxygens (including phenoxy) is 1. The van der Waals surface area contributed by atoms with E-state index in [0.29, 0.717) is 11.1 Å². The van der Waals surface area contributed by atoms with Crippen molar-refractivity contribution >= 4 is 17.7 Å². The van der Waals surface area contributed by atoms with Crippen LogP contribution in [0.2, 0.25) is 0 Å². The molecule has 0 aliphatic rings. The minimum atomic E-state index is -4.50. The lowest BCUT2D eigenvalue weighted by atomic mass is 10.0. The van der Waals surface area contributed by atoms with Gasteiger partial charge in [0.1, 0.15) is 36.6 Å². The Hall–Kier alpha value is -5.90. The van der Waals surface area contributed by atoms with Crippen molar-refractivity contribution in [3.05, 3.63) is 130 Å². The molecule has 0 aliphatic carbocycles. The molecular formula is C35H32F4N6O6. The van der Waals surface area contributed by atoms with Gasteiger partial charge in [-0.15, -0.1) is 0 Å². The number of aromatic nitrogens is 4. The summed E-state index contributed by atoms with van der Waals surface area (Å²) in [6.45, 7) is 1.22. The van der Waals surface area contributed by atoms with Crippen LogP contribution in [0.25, 0.3) is 11.4 Å². The highest BCUT2D eigenvalue weighted by atomic mass is 19.4. The molecule has 266 valence electrons. The van der Waals surface area contributed by atoms with E-state index in [1.165, 1.54) is 36.4 Å². The highest BCUT2D eigenvalue weighted by Crippen LogP contribution is 2.30. The van der Waals surface area contributed by atoms with Crippen LogP contribution in [0, 0.1) is 11.7 Å². The highest BCUT2D eigenvalue weighted by molar-refractivity contribution is 5.84. The van der Waals surface area contributed by atoms with Gasteiger partial charge in [-0.05, 0) is 53.8 Å². The first-order valence-electron chi connectivity index (χ1n) is 15.6. The number of alkyl halides is 3. The minimum absolute atomic E-state index is 0.0153. The third-order valence-electron chi connectivity index (χ3n) is 7.57. The summed E-state index contributed by atoms with van der Waals surface area (Å²) < 4.78 is 64.1. The predicted octanol–water partition coefficient (Wildman–Crippen LogP) is 5.67. The second-order valence-electron chi connectivity index (χ2n) is 11.7. The van der Waals surface area contributed by atoms with E-state index in [0.717, 1.165) is 28.5 Å². The normalized spacial score (nSPS) is 12.6. The van der Waals surface area contributed by atoms with Crippen molar-refractivity contribution in [2.24, 2.45) is 5.92 Å². The summed E-state index contributed by atoms with van der Waals surface area (Å²) in [5, 5.41) is 19.5. The number of carbonyl (C=O) groups is 2. The van der Waals surface area contributed by atoms with Crippen molar-refractivity contribution in [3.63, 3.8) is 0 Å². The number of rotatable bonds is 13. The average molecular weight is 709 g/mol. The molecule has 5 aromatic rings. The van der Waals surface area contributed by atoms with E-state index >= 15 is 0 Å². The largest absolute Gasteiger partial charge is 0.444 e. The van der Waals surface area contributed by atoms with Crippen LogP contribution in [0.4, 0.5) is 28.0 Å². The van der Waals surface area contributed by atoms with Crippen LogP contribution in [0.15, 0.2) is 94.4 Å². The molecule has 0 bridgehead atoms. The molecule has 0 spiro atoms. The first kappa shape index (κ1) is 36.4. The van der Waals surface area contributed by atoms with Crippen LogP contribution in [0.3, 0.4) is 0 Å². The lowest BCUT2D eigenvalue weighted by Crippen LogP contribution is -2.36. The Kier molecular flexibility index (Phi) is 11.6. The number of benzene rings is 3. The van der Waals surface area contributed by atoms with Crippen LogP contribution < -0.4 is 16.2 Å². The Bertz CT molecular complexity index is 2020. The van der Waals surface area contributed by atoms with Crippen molar-refractivity contribution in [1.29, 1.82) is 0 Å². The predicted molar refractivity (Wildman–Crippen MR) is 174 cm³/mol. The number of aliphatic hydroxyl groups excluding tert-OH is 1. The number of hydrogen-bond acceptors (Lipinski definition) is 9. The zero-order valence-corrected chi connectivity index (χ0v) is 27.1. The Morgan fingerprint density at radius 2 is 1.75 bits per heavy atom. The van der Waals surface area contributed by atoms with Gasteiger partial charge in [-0.2, -0.15) is 18.2 Å². The summed E-state index contributed by atoms with van der Waals surface area (Å²) in [5.41, 5.74) is -0.472. The van der Waals surface area contributed by atoms with Crippen LogP contribution in [0.1, 0.15) is 47.9 Å². The van der Waals surface area contributed by atoms with Gasteiger partial charge in [0, 0.05) is 12.1 Å². The smallest absolute Gasteiger partial charge is 0.416 e. The third-order valence-corrected chi connectivity index (χ3v) is 7.57. The van der Waals surface area contributed by atoms with Crippen LogP contribution in [0.5, 0.6) is 0 Å². The van der Waals surface area contributed by atoms with Gasteiger partial charge in [-0.3, -0.25) is 19.5 Å². The zero-order valence-electron chi connectivity index (χ0n) is 27.1. The van der Waals surface area contributed by atoms with Crippen molar-refractivity contribution in [1.82, 2.24) is 25.0 Å². The molecule has 0 saturated carbocycles. The Morgan fingerprint density at radius 3 is 2.47 bits per heavy atom. The monoisotopic (exact) mass is 708 g/mol. The highest BCUT2D eigenvalue weighted by Gasteiger charge is 2.30. The van der Waals surface area contributed by atoms with E-state index in [4.69, 9.17) is 9.26 Å². The lowest BCUT2D eigenvalue weighted by Gasteiger charge is -2.17. The summed E-state index contributed by atoms with van der Waals surface area (Å²) in [6.07, 6.45) is -5.51. The Labute approximate surface area is 288 Å². The Balaban J connectivity index is 1.20. The fourth-order valence-electron chi connectivity index (χ4n) is 4.99. The molecule has 5 rings (SSSR count). The van der Waals surface area contributed by atoms with Crippen LogP contribution in [-0.4, -0.2) is 43.3 Å². The molecule has 0 saturated heterocycles. The molecule has 51 heavy (non-hydrogen) atoms. The number of aliphatic hydroxyl groups is 1. The number of carbonyl (C=O) groups excluding carboxylic acids is 2. The van der Waals surface area contributed by atoms with Gasteiger partial charge in [0.2, 0.25) is 11.8 Å². The molecular weight excluding hydrogens is 676 g/mol. The summed E-state index contributed by atoms with van der Waals surface area (Å²) in [7, 11) is 0. The molecule has 2 aromatic heterocycles. The van der Waals surface area contributed by atoms with E-state index in [-0.39, 0.29) is 55.1 Å². The van der Waals surface area contributed by atoms with Crippen molar-refractivity contribution in [2.75, 3.05) is 11.9 Å². The van der Waals surface area contributed by atoms with Gasteiger partial charge < -0.3 is 19.7 Å².